The number of aliphatic hydroxyl groups excluding tert-OH is 1. The molecule has 17 heavy (non-hydrogen) atoms. The zero-order valence-electron chi connectivity index (χ0n) is 9.27. The molecule has 4 heteroatoms. The molecule has 1 aromatic heterocycles. The molecule has 0 bridgehead atoms. The number of hydrogen-bond acceptors (Lipinski definition) is 3. The van der Waals surface area contributed by atoms with Crippen molar-refractivity contribution in [3.8, 4) is 0 Å². The zero-order chi connectivity index (χ0) is 12.1. The first-order chi connectivity index (χ1) is 8.25. The van der Waals surface area contributed by atoms with Crippen LogP contribution in [0.4, 0.5) is 0 Å². The molecule has 0 amide bonds. The van der Waals surface area contributed by atoms with E-state index in [9.17, 15) is 5.11 Å². The Bertz CT molecular complexity index is 457. The maximum atomic E-state index is 9.94. The number of aliphatic hydroxyl groups is 1. The van der Waals surface area contributed by atoms with Crippen LogP contribution in [-0.4, -0.2) is 11.7 Å². The summed E-state index contributed by atoms with van der Waals surface area (Å²) in [6, 6.07) is 11.8. The average Bonchev–Trinajstić information content (AvgIpc) is 2.76. The highest BCUT2D eigenvalue weighted by molar-refractivity contribution is 9.10. The zero-order valence-corrected chi connectivity index (χ0v) is 11.7. The van der Waals surface area contributed by atoms with E-state index in [1.54, 1.807) is 11.3 Å². The fraction of sp³-hybridized carbons (Fsp3) is 0.231. The van der Waals surface area contributed by atoms with E-state index in [0.717, 1.165) is 16.6 Å². The molecular formula is C13H14BrNOS. The minimum absolute atomic E-state index is 0.445. The van der Waals surface area contributed by atoms with Crippen LogP contribution in [0.2, 0.25) is 0 Å². The van der Waals surface area contributed by atoms with Crippen LogP contribution in [-0.2, 0) is 6.54 Å². The lowest BCUT2D eigenvalue weighted by Gasteiger charge is -2.11. The molecule has 0 aliphatic heterocycles. The summed E-state index contributed by atoms with van der Waals surface area (Å²) in [7, 11) is 0. The van der Waals surface area contributed by atoms with Crippen LogP contribution < -0.4 is 5.32 Å². The third-order valence-corrected chi connectivity index (χ3v) is 4.14. The number of hydrogen-bond donors (Lipinski definition) is 2. The highest BCUT2D eigenvalue weighted by Gasteiger charge is 2.06. The molecule has 0 unspecified atom stereocenters. The summed E-state index contributed by atoms with van der Waals surface area (Å²) < 4.78 is 1.11. The topological polar surface area (TPSA) is 32.3 Å². The van der Waals surface area contributed by atoms with E-state index in [2.05, 4.69) is 32.7 Å². The van der Waals surface area contributed by atoms with Gasteiger partial charge in [-0.1, -0.05) is 30.3 Å². The Balaban J connectivity index is 1.79. The fourth-order valence-electron chi connectivity index (χ4n) is 1.57. The Morgan fingerprint density at radius 2 is 2.06 bits per heavy atom. The molecule has 2 rings (SSSR count). The number of halogens is 1. The van der Waals surface area contributed by atoms with Gasteiger partial charge in [0.05, 0.1) is 6.10 Å². The largest absolute Gasteiger partial charge is 0.387 e. The maximum Gasteiger partial charge on any atom is 0.0914 e. The first-order valence-corrected chi connectivity index (χ1v) is 7.09. The normalized spacial score (nSPS) is 12.6. The van der Waals surface area contributed by atoms with Gasteiger partial charge in [-0.05, 0) is 27.6 Å². The van der Waals surface area contributed by atoms with Gasteiger partial charge in [0, 0.05) is 27.8 Å². The second-order valence-corrected chi connectivity index (χ2v) is 5.70. The van der Waals surface area contributed by atoms with E-state index < -0.39 is 6.10 Å². The number of nitrogens with one attached hydrogen (secondary N) is 1. The molecule has 2 aromatic rings. The van der Waals surface area contributed by atoms with Gasteiger partial charge in [0.15, 0.2) is 0 Å². The van der Waals surface area contributed by atoms with Gasteiger partial charge in [-0.2, -0.15) is 0 Å². The standard InChI is InChI=1S/C13H14BrNOS/c14-11-6-12(17-9-11)7-15-8-13(16)10-4-2-1-3-5-10/h1-6,9,13,15-16H,7-8H2/t13-/m0/s1. The first kappa shape index (κ1) is 12.8. The van der Waals surface area contributed by atoms with Crippen molar-refractivity contribution in [2.75, 3.05) is 6.54 Å². The van der Waals surface area contributed by atoms with Crippen molar-refractivity contribution in [2.45, 2.75) is 12.6 Å². The van der Waals surface area contributed by atoms with E-state index in [-0.39, 0.29) is 0 Å². The summed E-state index contributed by atoms with van der Waals surface area (Å²) in [6.07, 6.45) is -0.445. The number of benzene rings is 1. The molecule has 0 saturated heterocycles. The fourth-order valence-corrected chi connectivity index (χ4v) is 2.99. The van der Waals surface area contributed by atoms with Crippen LogP contribution in [0, 0.1) is 0 Å². The Labute approximate surface area is 113 Å². The summed E-state index contributed by atoms with van der Waals surface area (Å²) in [6.45, 7) is 1.36. The lowest BCUT2D eigenvalue weighted by Crippen LogP contribution is -2.20. The third kappa shape index (κ3) is 3.92. The van der Waals surface area contributed by atoms with Gasteiger partial charge in [0.25, 0.3) is 0 Å². The predicted molar refractivity (Wildman–Crippen MR) is 75.1 cm³/mol. The van der Waals surface area contributed by atoms with Crippen LogP contribution in [0.5, 0.6) is 0 Å². The van der Waals surface area contributed by atoms with Crippen LogP contribution in [0.25, 0.3) is 0 Å². The Kier molecular flexibility index (Phi) is 4.74. The summed E-state index contributed by atoms with van der Waals surface area (Å²) in [4.78, 5) is 1.26. The van der Waals surface area contributed by atoms with E-state index in [4.69, 9.17) is 0 Å². The van der Waals surface area contributed by atoms with Gasteiger partial charge < -0.3 is 10.4 Å². The summed E-state index contributed by atoms with van der Waals surface area (Å²) in [5, 5.41) is 15.2. The van der Waals surface area contributed by atoms with E-state index in [1.807, 2.05) is 30.3 Å². The van der Waals surface area contributed by atoms with E-state index in [0.29, 0.717) is 6.54 Å². The third-order valence-electron chi connectivity index (χ3n) is 2.44. The van der Waals surface area contributed by atoms with Crippen molar-refractivity contribution in [2.24, 2.45) is 0 Å². The van der Waals surface area contributed by atoms with Crippen LogP contribution >= 0.6 is 27.3 Å². The van der Waals surface area contributed by atoms with Crippen LogP contribution in [0.15, 0.2) is 46.3 Å². The van der Waals surface area contributed by atoms with Gasteiger partial charge in [0.2, 0.25) is 0 Å². The predicted octanol–water partition coefficient (Wildman–Crippen LogP) is 3.33. The van der Waals surface area contributed by atoms with Crippen molar-refractivity contribution in [1.82, 2.24) is 5.32 Å². The lowest BCUT2D eigenvalue weighted by molar-refractivity contribution is 0.174. The molecule has 0 saturated carbocycles. The molecule has 1 heterocycles. The van der Waals surface area contributed by atoms with Crippen molar-refractivity contribution in [3.05, 3.63) is 56.7 Å². The van der Waals surface area contributed by atoms with Gasteiger partial charge in [-0.25, -0.2) is 0 Å². The smallest absolute Gasteiger partial charge is 0.0914 e. The molecule has 0 aliphatic rings. The van der Waals surface area contributed by atoms with Gasteiger partial charge in [-0.15, -0.1) is 11.3 Å². The molecule has 0 aliphatic carbocycles. The molecule has 90 valence electrons. The van der Waals surface area contributed by atoms with Gasteiger partial charge >= 0.3 is 0 Å². The van der Waals surface area contributed by atoms with E-state index >= 15 is 0 Å². The highest BCUT2D eigenvalue weighted by atomic mass is 79.9. The molecular weight excluding hydrogens is 298 g/mol. The van der Waals surface area contributed by atoms with Crippen LogP contribution in [0.3, 0.4) is 0 Å². The summed E-state index contributed by atoms with van der Waals surface area (Å²) in [5.74, 6) is 0. The molecule has 1 aromatic carbocycles. The van der Waals surface area contributed by atoms with E-state index in [1.165, 1.54) is 4.88 Å². The molecule has 0 spiro atoms. The maximum absolute atomic E-state index is 9.94. The summed E-state index contributed by atoms with van der Waals surface area (Å²) >= 11 is 5.13. The molecule has 1 atom stereocenters. The van der Waals surface area contributed by atoms with Crippen molar-refractivity contribution >= 4 is 27.3 Å². The Morgan fingerprint density at radius 3 is 2.71 bits per heavy atom. The first-order valence-electron chi connectivity index (χ1n) is 5.42. The van der Waals surface area contributed by atoms with Gasteiger partial charge in [0.1, 0.15) is 0 Å². The summed E-state index contributed by atoms with van der Waals surface area (Å²) in [5.41, 5.74) is 0.951. The second kappa shape index (κ2) is 6.31. The van der Waals surface area contributed by atoms with Crippen molar-refractivity contribution in [3.63, 3.8) is 0 Å². The van der Waals surface area contributed by atoms with Crippen LogP contribution in [0.1, 0.15) is 16.5 Å². The molecule has 0 radical (unpaired) electrons. The molecule has 2 nitrogen and oxygen atoms in total. The lowest BCUT2D eigenvalue weighted by atomic mass is 10.1. The number of thiophene rings is 1. The quantitative estimate of drug-likeness (QED) is 0.887. The number of rotatable bonds is 5. The Morgan fingerprint density at radius 1 is 1.29 bits per heavy atom. The second-order valence-electron chi connectivity index (χ2n) is 3.79. The van der Waals surface area contributed by atoms with Crippen molar-refractivity contribution in [1.29, 1.82) is 0 Å². The van der Waals surface area contributed by atoms with Gasteiger partial charge in [-0.3, -0.25) is 0 Å². The van der Waals surface area contributed by atoms with Crippen molar-refractivity contribution < 1.29 is 5.11 Å². The monoisotopic (exact) mass is 311 g/mol. The molecule has 0 fully saturated rings. The Hall–Kier alpha value is -0.680. The highest BCUT2D eigenvalue weighted by Crippen LogP contribution is 2.19. The minimum atomic E-state index is -0.445. The minimum Gasteiger partial charge on any atom is -0.387 e. The SMILES string of the molecule is O[C@@H](CNCc1cc(Br)cs1)c1ccccc1. The average molecular weight is 312 g/mol. The molecule has 2 N–H and O–H groups in total.